The number of fused-ring (bicyclic) bond motifs is 2. The van der Waals surface area contributed by atoms with Gasteiger partial charge in [-0.1, -0.05) is 6.42 Å². The van der Waals surface area contributed by atoms with E-state index in [-0.39, 0.29) is 0 Å². The van der Waals surface area contributed by atoms with Gasteiger partial charge < -0.3 is 4.42 Å². The predicted octanol–water partition coefficient (Wildman–Crippen LogP) is 3.32. The molecule has 0 N–H and O–H groups in total. The SMILES string of the molecule is ClCc1ncoc1C1CC2CCC1C2. The molecular weight excluding hydrogens is 198 g/mol. The van der Waals surface area contributed by atoms with E-state index in [1.165, 1.54) is 25.7 Å². The van der Waals surface area contributed by atoms with E-state index < -0.39 is 0 Å². The van der Waals surface area contributed by atoms with Gasteiger partial charge in [0.15, 0.2) is 6.39 Å². The van der Waals surface area contributed by atoms with Crippen LogP contribution in [0.15, 0.2) is 10.8 Å². The van der Waals surface area contributed by atoms with E-state index in [0.717, 1.165) is 23.3 Å². The van der Waals surface area contributed by atoms with Crippen molar-refractivity contribution in [3.63, 3.8) is 0 Å². The molecule has 0 spiro atoms. The molecule has 2 aliphatic rings. The molecule has 3 unspecified atom stereocenters. The number of halogens is 1. The van der Waals surface area contributed by atoms with Crippen molar-refractivity contribution in [3.05, 3.63) is 17.8 Å². The van der Waals surface area contributed by atoms with Crippen LogP contribution in [-0.4, -0.2) is 4.98 Å². The zero-order valence-corrected chi connectivity index (χ0v) is 8.83. The van der Waals surface area contributed by atoms with Gasteiger partial charge in [-0.3, -0.25) is 0 Å². The standard InChI is InChI=1S/C11H14ClNO/c12-5-10-11(14-6-13-10)9-4-7-1-2-8(9)3-7/h6-9H,1-5H2. The van der Waals surface area contributed by atoms with Crippen LogP contribution in [0.3, 0.4) is 0 Å². The quantitative estimate of drug-likeness (QED) is 0.702. The zero-order chi connectivity index (χ0) is 9.54. The normalized spacial score (nSPS) is 35.4. The lowest BCUT2D eigenvalue weighted by atomic mass is 9.86. The molecular formula is C11H14ClNO. The molecule has 76 valence electrons. The summed E-state index contributed by atoms with van der Waals surface area (Å²) in [4.78, 5) is 4.16. The summed E-state index contributed by atoms with van der Waals surface area (Å²) in [5, 5.41) is 0. The predicted molar refractivity (Wildman–Crippen MR) is 54.2 cm³/mol. The molecule has 2 saturated carbocycles. The van der Waals surface area contributed by atoms with Crippen LogP contribution < -0.4 is 0 Å². The molecule has 2 bridgehead atoms. The third-order valence-electron chi connectivity index (χ3n) is 3.87. The minimum atomic E-state index is 0.486. The van der Waals surface area contributed by atoms with E-state index in [9.17, 15) is 0 Å². The lowest BCUT2D eigenvalue weighted by Gasteiger charge is -2.19. The van der Waals surface area contributed by atoms with Crippen LogP contribution in [0.4, 0.5) is 0 Å². The topological polar surface area (TPSA) is 26.0 Å². The van der Waals surface area contributed by atoms with Crippen LogP contribution in [0.2, 0.25) is 0 Å². The Bertz CT molecular complexity index is 336. The van der Waals surface area contributed by atoms with Gasteiger partial charge in [0.05, 0.1) is 11.6 Å². The monoisotopic (exact) mass is 211 g/mol. The Morgan fingerprint density at radius 3 is 3.00 bits per heavy atom. The molecule has 2 aliphatic carbocycles. The van der Waals surface area contributed by atoms with Crippen LogP contribution in [0, 0.1) is 11.8 Å². The highest BCUT2D eigenvalue weighted by molar-refractivity contribution is 6.16. The Morgan fingerprint density at radius 2 is 2.36 bits per heavy atom. The highest BCUT2D eigenvalue weighted by Crippen LogP contribution is 2.53. The van der Waals surface area contributed by atoms with E-state index >= 15 is 0 Å². The lowest BCUT2D eigenvalue weighted by Crippen LogP contribution is -2.09. The van der Waals surface area contributed by atoms with E-state index in [1.807, 2.05) is 0 Å². The van der Waals surface area contributed by atoms with Gasteiger partial charge >= 0.3 is 0 Å². The summed E-state index contributed by atoms with van der Waals surface area (Å²) in [5.41, 5.74) is 0.962. The molecule has 2 fully saturated rings. The Balaban J connectivity index is 1.89. The average molecular weight is 212 g/mol. The summed E-state index contributed by atoms with van der Waals surface area (Å²) >= 11 is 5.83. The van der Waals surface area contributed by atoms with Gasteiger partial charge in [0, 0.05) is 5.92 Å². The molecule has 14 heavy (non-hydrogen) atoms. The average Bonchev–Trinajstić information content (AvgIpc) is 2.92. The van der Waals surface area contributed by atoms with Crippen molar-refractivity contribution in [3.8, 4) is 0 Å². The van der Waals surface area contributed by atoms with Crippen molar-refractivity contribution in [2.24, 2.45) is 11.8 Å². The maximum Gasteiger partial charge on any atom is 0.181 e. The number of hydrogen-bond acceptors (Lipinski definition) is 2. The molecule has 2 nitrogen and oxygen atoms in total. The second-order valence-electron chi connectivity index (χ2n) is 4.58. The second-order valence-corrected chi connectivity index (χ2v) is 4.85. The maximum atomic E-state index is 5.83. The summed E-state index contributed by atoms with van der Waals surface area (Å²) in [6.45, 7) is 0. The molecule has 3 rings (SSSR count). The number of nitrogens with zero attached hydrogens (tertiary/aromatic N) is 1. The molecule has 0 radical (unpaired) electrons. The fraction of sp³-hybridized carbons (Fsp3) is 0.727. The van der Waals surface area contributed by atoms with Crippen LogP contribution in [0.5, 0.6) is 0 Å². The number of rotatable bonds is 2. The number of alkyl halides is 1. The van der Waals surface area contributed by atoms with E-state index in [1.54, 1.807) is 6.39 Å². The summed E-state index contributed by atoms with van der Waals surface area (Å²) in [6.07, 6.45) is 7.03. The summed E-state index contributed by atoms with van der Waals surface area (Å²) < 4.78 is 5.50. The number of oxazole rings is 1. The van der Waals surface area contributed by atoms with E-state index in [0.29, 0.717) is 11.8 Å². The van der Waals surface area contributed by atoms with Gasteiger partial charge in [-0.05, 0) is 31.1 Å². The molecule has 1 heterocycles. The van der Waals surface area contributed by atoms with E-state index in [2.05, 4.69) is 4.98 Å². The molecule has 0 aromatic carbocycles. The molecule has 3 atom stereocenters. The Labute approximate surface area is 88.7 Å². The van der Waals surface area contributed by atoms with Gasteiger partial charge in [-0.25, -0.2) is 4.98 Å². The molecule has 0 amide bonds. The molecule has 1 aromatic rings. The maximum absolute atomic E-state index is 5.83. The van der Waals surface area contributed by atoms with Gasteiger partial charge in [0.25, 0.3) is 0 Å². The number of aromatic nitrogens is 1. The van der Waals surface area contributed by atoms with Crippen molar-refractivity contribution in [2.75, 3.05) is 0 Å². The van der Waals surface area contributed by atoms with Gasteiger partial charge in [0.1, 0.15) is 5.76 Å². The van der Waals surface area contributed by atoms with Crippen molar-refractivity contribution >= 4 is 11.6 Å². The zero-order valence-electron chi connectivity index (χ0n) is 8.08. The highest BCUT2D eigenvalue weighted by atomic mass is 35.5. The van der Waals surface area contributed by atoms with Crippen LogP contribution >= 0.6 is 11.6 Å². The van der Waals surface area contributed by atoms with Gasteiger partial charge in [-0.15, -0.1) is 11.6 Å². The van der Waals surface area contributed by atoms with Crippen LogP contribution in [0.25, 0.3) is 0 Å². The molecule has 0 saturated heterocycles. The molecule has 3 heteroatoms. The van der Waals surface area contributed by atoms with Crippen LogP contribution in [-0.2, 0) is 5.88 Å². The van der Waals surface area contributed by atoms with Crippen molar-refractivity contribution < 1.29 is 4.42 Å². The third-order valence-corrected chi connectivity index (χ3v) is 4.13. The van der Waals surface area contributed by atoms with Gasteiger partial charge in [-0.2, -0.15) is 0 Å². The van der Waals surface area contributed by atoms with Crippen molar-refractivity contribution in [1.82, 2.24) is 4.98 Å². The smallest absolute Gasteiger partial charge is 0.181 e. The Kier molecular flexibility index (Phi) is 2.05. The molecule has 0 aliphatic heterocycles. The first-order chi connectivity index (χ1) is 6.88. The third kappa shape index (κ3) is 1.20. The van der Waals surface area contributed by atoms with Crippen LogP contribution in [0.1, 0.15) is 43.1 Å². The summed E-state index contributed by atoms with van der Waals surface area (Å²) in [7, 11) is 0. The fourth-order valence-electron chi connectivity index (χ4n) is 3.25. The summed E-state index contributed by atoms with van der Waals surface area (Å²) in [5.74, 6) is 3.96. The van der Waals surface area contributed by atoms with Crippen molar-refractivity contribution in [2.45, 2.75) is 37.5 Å². The highest BCUT2D eigenvalue weighted by Gasteiger charge is 2.42. The molecule has 1 aromatic heterocycles. The minimum absolute atomic E-state index is 0.486. The minimum Gasteiger partial charge on any atom is -0.448 e. The van der Waals surface area contributed by atoms with Crippen molar-refractivity contribution in [1.29, 1.82) is 0 Å². The lowest BCUT2D eigenvalue weighted by molar-refractivity contribution is 0.354. The number of hydrogen-bond donors (Lipinski definition) is 0. The largest absolute Gasteiger partial charge is 0.448 e. The Hall–Kier alpha value is -0.500. The first kappa shape index (κ1) is 8.78. The van der Waals surface area contributed by atoms with E-state index in [4.69, 9.17) is 16.0 Å². The first-order valence-electron chi connectivity index (χ1n) is 5.36. The van der Waals surface area contributed by atoms with Gasteiger partial charge in [0.2, 0.25) is 0 Å². The first-order valence-corrected chi connectivity index (χ1v) is 5.90. The summed E-state index contributed by atoms with van der Waals surface area (Å²) in [6, 6.07) is 0. The Morgan fingerprint density at radius 1 is 1.43 bits per heavy atom. The second kappa shape index (κ2) is 3.27. The fourth-order valence-corrected chi connectivity index (χ4v) is 3.45.